The molecule has 1 aromatic heterocycles. The summed E-state index contributed by atoms with van der Waals surface area (Å²) in [6, 6.07) is 4.12. The molecule has 1 aromatic rings. The lowest BCUT2D eigenvalue weighted by molar-refractivity contribution is 0.646. The highest BCUT2D eigenvalue weighted by Gasteiger charge is 1.91. The highest BCUT2D eigenvalue weighted by atomic mass is 28.1. The average molecular weight is 150 g/mol. The van der Waals surface area contributed by atoms with Gasteiger partial charge in [-0.2, -0.15) is 0 Å². The lowest BCUT2D eigenvalue weighted by Crippen LogP contribution is -2.15. The zero-order valence-corrected chi connectivity index (χ0v) is 7.30. The fourth-order valence-corrected chi connectivity index (χ4v) is 1.22. The van der Waals surface area contributed by atoms with Crippen molar-refractivity contribution in [2.24, 2.45) is 0 Å². The van der Waals surface area contributed by atoms with Crippen LogP contribution in [0.2, 0.25) is 0 Å². The number of aryl methyl sites for hydroxylation is 1. The van der Waals surface area contributed by atoms with Gasteiger partial charge in [0.1, 0.15) is 0 Å². The van der Waals surface area contributed by atoms with Gasteiger partial charge >= 0.3 is 0 Å². The van der Waals surface area contributed by atoms with Crippen molar-refractivity contribution in [1.82, 2.24) is 4.57 Å². The van der Waals surface area contributed by atoms with Crippen LogP contribution in [0.1, 0.15) is 19.8 Å². The second-order valence-corrected chi connectivity index (χ2v) is 2.95. The van der Waals surface area contributed by atoms with Crippen LogP contribution in [0.4, 0.5) is 0 Å². The number of rotatable bonds is 3. The fourth-order valence-electron chi connectivity index (χ4n) is 0.938. The van der Waals surface area contributed by atoms with E-state index in [1.165, 1.54) is 18.2 Å². The van der Waals surface area contributed by atoms with E-state index < -0.39 is 0 Å². The Morgan fingerprint density at radius 2 is 2.40 bits per heavy atom. The van der Waals surface area contributed by atoms with Gasteiger partial charge in [0.2, 0.25) is 0 Å². The number of hydrogen-bond acceptors (Lipinski definition) is 0. The number of aromatic nitrogens is 1. The number of hydrogen-bond donors (Lipinski definition) is 0. The first kappa shape index (κ1) is 7.60. The van der Waals surface area contributed by atoms with Gasteiger partial charge in [-0.3, -0.25) is 0 Å². The first-order chi connectivity index (χ1) is 4.84. The van der Waals surface area contributed by atoms with Crippen molar-refractivity contribution in [3.8, 4) is 0 Å². The molecule has 1 heterocycles. The molecule has 0 N–H and O–H groups in total. The van der Waals surface area contributed by atoms with Gasteiger partial charge in [-0.15, -0.1) is 0 Å². The molecule has 0 aliphatic rings. The zero-order chi connectivity index (χ0) is 7.40. The van der Waals surface area contributed by atoms with Crippen LogP contribution in [0.3, 0.4) is 0 Å². The van der Waals surface area contributed by atoms with Crippen LogP contribution in [-0.2, 0) is 6.54 Å². The summed E-state index contributed by atoms with van der Waals surface area (Å²) in [5.74, 6) is 0. The minimum Gasteiger partial charge on any atom is -0.356 e. The van der Waals surface area contributed by atoms with Crippen molar-refractivity contribution in [1.29, 1.82) is 0 Å². The molecule has 0 bridgehead atoms. The minimum absolute atomic E-state index is 1.13. The Labute approximate surface area is 65.5 Å². The third-order valence-electron chi connectivity index (χ3n) is 1.58. The minimum atomic E-state index is 1.13. The Morgan fingerprint density at radius 1 is 1.60 bits per heavy atom. The van der Waals surface area contributed by atoms with Crippen molar-refractivity contribution in [3.05, 3.63) is 18.3 Å². The largest absolute Gasteiger partial charge is 0.356 e. The summed E-state index contributed by atoms with van der Waals surface area (Å²) in [6.07, 6.45) is 4.61. The maximum atomic E-state index is 3.51. The van der Waals surface area contributed by atoms with Gasteiger partial charge in [0.05, 0.1) is 10.2 Å². The molecule has 1 rings (SSSR count). The molecule has 0 amide bonds. The molecule has 10 heavy (non-hydrogen) atoms. The molecular weight excluding hydrogens is 138 g/mol. The van der Waals surface area contributed by atoms with Crippen LogP contribution in [-0.4, -0.2) is 14.8 Å². The molecule has 1 nitrogen and oxygen atoms in total. The van der Waals surface area contributed by atoms with Gasteiger partial charge in [0, 0.05) is 12.7 Å². The molecule has 0 aliphatic heterocycles. The van der Waals surface area contributed by atoms with Crippen molar-refractivity contribution < 1.29 is 0 Å². The van der Waals surface area contributed by atoms with Crippen LogP contribution < -0.4 is 5.32 Å². The molecule has 3 radical (unpaired) electrons. The van der Waals surface area contributed by atoms with E-state index in [0.717, 1.165) is 6.54 Å². The zero-order valence-electron chi connectivity index (χ0n) is 6.30. The fraction of sp³-hybridized carbons (Fsp3) is 0.500. The van der Waals surface area contributed by atoms with E-state index in [9.17, 15) is 0 Å². The van der Waals surface area contributed by atoms with Gasteiger partial charge in [0.15, 0.2) is 0 Å². The maximum absolute atomic E-state index is 3.51. The molecule has 0 aliphatic carbocycles. The molecule has 0 saturated heterocycles. The normalized spacial score (nSPS) is 10.2. The maximum Gasteiger partial charge on any atom is 0.0964 e. The summed E-state index contributed by atoms with van der Waals surface area (Å²) in [5, 5.41) is 1.17. The van der Waals surface area contributed by atoms with Gasteiger partial charge in [-0.25, -0.2) is 0 Å². The van der Waals surface area contributed by atoms with Crippen molar-refractivity contribution in [2.75, 3.05) is 0 Å². The van der Waals surface area contributed by atoms with E-state index in [1.54, 1.807) is 0 Å². The Morgan fingerprint density at radius 3 is 2.90 bits per heavy atom. The summed E-state index contributed by atoms with van der Waals surface area (Å²) >= 11 is 0. The molecular formula is C8H12NSi. The van der Waals surface area contributed by atoms with E-state index in [0.29, 0.717) is 0 Å². The highest BCUT2D eigenvalue weighted by molar-refractivity contribution is 6.30. The number of unbranched alkanes of at least 4 members (excludes halogenated alkanes) is 1. The molecule has 0 atom stereocenters. The highest BCUT2D eigenvalue weighted by Crippen LogP contribution is 1.92. The van der Waals surface area contributed by atoms with Crippen LogP contribution >= 0.6 is 0 Å². The average Bonchev–Trinajstić information content (AvgIpc) is 2.31. The first-order valence-corrected chi connectivity index (χ1v) is 4.21. The van der Waals surface area contributed by atoms with Crippen LogP contribution in [0, 0.1) is 0 Å². The Balaban J connectivity index is 2.49. The predicted octanol–water partition coefficient (Wildman–Crippen LogP) is 1.08. The molecule has 0 spiro atoms. The summed E-state index contributed by atoms with van der Waals surface area (Å²) in [7, 11) is 3.51. The van der Waals surface area contributed by atoms with E-state index in [1.807, 2.05) is 0 Å². The summed E-state index contributed by atoms with van der Waals surface area (Å²) < 4.78 is 2.21. The Kier molecular flexibility index (Phi) is 2.75. The second-order valence-electron chi connectivity index (χ2n) is 2.44. The monoisotopic (exact) mass is 150 g/mol. The van der Waals surface area contributed by atoms with Gasteiger partial charge in [0.25, 0.3) is 0 Å². The smallest absolute Gasteiger partial charge is 0.0964 e. The quantitative estimate of drug-likeness (QED) is 0.568. The van der Waals surface area contributed by atoms with Crippen LogP contribution in [0.15, 0.2) is 18.3 Å². The Bertz CT molecular complexity index is 193. The van der Waals surface area contributed by atoms with Crippen LogP contribution in [0.25, 0.3) is 0 Å². The van der Waals surface area contributed by atoms with Crippen molar-refractivity contribution >= 4 is 15.6 Å². The first-order valence-electron chi connectivity index (χ1n) is 3.71. The van der Waals surface area contributed by atoms with Gasteiger partial charge < -0.3 is 4.57 Å². The molecule has 0 unspecified atom stereocenters. The topological polar surface area (TPSA) is 4.93 Å². The van der Waals surface area contributed by atoms with E-state index in [2.05, 4.69) is 40.1 Å². The standard InChI is InChI=1S/C8H12NSi/c1-2-3-6-9-7-4-5-8(9)10/h4-5,7H,2-3,6H2,1H3. The third-order valence-corrected chi connectivity index (χ3v) is 2.04. The van der Waals surface area contributed by atoms with Crippen molar-refractivity contribution in [2.45, 2.75) is 26.3 Å². The van der Waals surface area contributed by atoms with Crippen LogP contribution in [0.5, 0.6) is 0 Å². The molecule has 0 fully saturated rings. The van der Waals surface area contributed by atoms with E-state index in [-0.39, 0.29) is 0 Å². The predicted molar refractivity (Wildman–Crippen MR) is 44.7 cm³/mol. The SMILES string of the molecule is CCCCn1cccc1[Si]. The number of nitrogens with zero attached hydrogens (tertiary/aromatic N) is 1. The lowest BCUT2D eigenvalue weighted by Gasteiger charge is -2.02. The molecule has 0 saturated carbocycles. The summed E-state index contributed by atoms with van der Waals surface area (Å²) in [4.78, 5) is 0. The third kappa shape index (κ3) is 1.74. The van der Waals surface area contributed by atoms with E-state index in [4.69, 9.17) is 0 Å². The molecule has 0 aromatic carbocycles. The summed E-state index contributed by atoms with van der Waals surface area (Å²) in [6.45, 7) is 3.33. The molecule has 53 valence electrons. The second kappa shape index (κ2) is 3.61. The van der Waals surface area contributed by atoms with E-state index >= 15 is 0 Å². The molecule has 2 heteroatoms. The lowest BCUT2D eigenvalue weighted by atomic mass is 10.3. The van der Waals surface area contributed by atoms with Gasteiger partial charge in [-0.1, -0.05) is 13.3 Å². The summed E-state index contributed by atoms with van der Waals surface area (Å²) in [5.41, 5.74) is 0. The van der Waals surface area contributed by atoms with Crippen molar-refractivity contribution in [3.63, 3.8) is 0 Å². The Hall–Kier alpha value is -0.503. The van der Waals surface area contributed by atoms with Gasteiger partial charge in [-0.05, 0) is 23.9 Å².